The van der Waals surface area contributed by atoms with E-state index >= 15 is 0 Å². The van der Waals surface area contributed by atoms with E-state index in [1.54, 1.807) is 18.6 Å². The highest BCUT2D eigenvalue weighted by Crippen LogP contribution is 2.18. The largest absolute Gasteiger partial charge is 0.397 e. The first-order valence-corrected chi connectivity index (χ1v) is 5.12. The van der Waals surface area contributed by atoms with Crippen LogP contribution in [0.25, 0.3) is 0 Å². The average molecular weight is 214 g/mol. The molecule has 2 heterocycles. The molecule has 4 heteroatoms. The van der Waals surface area contributed by atoms with Crippen LogP contribution in [0.3, 0.4) is 0 Å². The molecule has 4 nitrogen and oxygen atoms in total. The third-order valence-corrected chi connectivity index (χ3v) is 2.33. The lowest BCUT2D eigenvalue weighted by molar-refractivity contribution is 0.874. The molecule has 0 fully saturated rings. The van der Waals surface area contributed by atoms with Gasteiger partial charge in [-0.05, 0) is 24.6 Å². The molecule has 1 atom stereocenters. The van der Waals surface area contributed by atoms with Crippen molar-refractivity contribution in [3.8, 4) is 0 Å². The van der Waals surface area contributed by atoms with Gasteiger partial charge in [-0.2, -0.15) is 0 Å². The van der Waals surface area contributed by atoms with Gasteiger partial charge in [-0.1, -0.05) is 6.07 Å². The zero-order valence-electron chi connectivity index (χ0n) is 9.09. The molecule has 0 aromatic carbocycles. The molecule has 0 saturated carbocycles. The molecule has 1 unspecified atom stereocenters. The summed E-state index contributed by atoms with van der Waals surface area (Å²) in [5, 5.41) is 3.32. The lowest BCUT2D eigenvalue weighted by atomic mass is 10.1. The van der Waals surface area contributed by atoms with Crippen LogP contribution in [-0.2, 0) is 0 Å². The Bertz CT molecular complexity index is 456. The van der Waals surface area contributed by atoms with Crippen molar-refractivity contribution >= 4 is 11.4 Å². The predicted octanol–water partition coefficient (Wildman–Crippen LogP) is 2.23. The number of hydrogen-bond acceptors (Lipinski definition) is 4. The number of nitrogens with zero attached hydrogens (tertiary/aromatic N) is 2. The third-order valence-electron chi connectivity index (χ3n) is 2.33. The Hall–Kier alpha value is -2.10. The van der Waals surface area contributed by atoms with E-state index in [2.05, 4.69) is 22.2 Å². The van der Waals surface area contributed by atoms with Gasteiger partial charge in [-0.15, -0.1) is 0 Å². The fraction of sp³-hybridized carbons (Fsp3) is 0.167. The molecule has 0 aliphatic heterocycles. The highest BCUT2D eigenvalue weighted by Gasteiger charge is 2.04. The summed E-state index contributed by atoms with van der Waals surface area (Å²) in [6, 6.07) is 5.99. The Labute approximate surface area is 94.5 Å². The van der Waals surface area contributed by atoms with Gasteiger partial charge < -0.3 is 11.1 Å². The lowest BCUT2D eigenvalue weighted by Gasteiger charge is -2.14. The van der Waals surface area contributed by atoms with Crippen molar-refractivity contribution in [2.24, 2.45) is 0 Å². The fourth-order valence-corrected chi connectivity index (χ4v) is 1.50. The first-order valence-electron chi connectivity index (χ1n) is 5.12. The maximum absolute atomic E-state index is 5.66. The summed E-state index contributed by atoms with van der Waals surface area (Å²) in [6.07, 6.45) is 6.98. The molecule has 16 heavy (non-hydrogen) atoms. The van der Waals surface area contributed by atoms with Gasteiger partial charge in [0, 0.05) is 18.6 Å². The van der Waals surface area contributed by atoms with Gasteiger partial charge >= 0.3 is 0 Å². The van der Waals surface area contributed by atoms with Crippen molar-refractivity contribution in [2.45, 2.75) is 13.0 Å². The number of nitrogen functional groups attached to an aromatic ring is 1. The molecule has 2 aromatic heterocycles. The van der Waals surface area contributed by atoms with Crippen LogP contribution < -0.4 is 11.1 Å². The highest BCUT2D eigenvalue weighted by atomic mass is 14.9. The Morgan fingerprint density at radius 1 is 1.25 bits per heavy atom. The van der Waals surface area contributed by atoms with Crippen molar-refractivity contribution in [3.63, 3.8) is 0 Å². The van der Waals surface area contributed by atoms with Crippen LogP contribution in [0.1, 0.15) is 18.5 Å². The second-order valence-corrected chi connectivity index (χ2v) is 3.66. The topological polar surface area (TPSA) is 63.8 Å². The van der Waals surface area contributed by atoms with Gasteiger partial charge in [0.1, 0.15) is 0 Å². The van der Waals surface area contributed by atoms with E-state index in [-0.39, 0.29) is 6.04 Å². The minimum Gasteiger partial charge on any atom is -0.397 e. The van der Waals surface area contributed by atoms with Crippen molar-refractivity contribution in [1.82, 2.24) is 9.97 Å². The Kier molecular flexibility index (Phi) is 3.00. The van der Waals surface area contributed by atoms with Gasteiger partial charge in [0.15, 0.2) is 0 Å². The van der Waals surface area contributed by atoms with E-state index < -0.39 is 0 Å². The summed E-state index contributed by atoms with van der Waals surface area (Å²) in [6.45, 7) is 2.07. The van der Waals surface area contributed by atoms with E-state index in [1.807, 2.05) is 24.4 Å². The third kappa shape index (κ3) is 2.48. The number of rotatable bonds is 3. The number of pyridine rings is 2. The van der Waals surface area contributed by atoms with Crippen molar-refractivity contribution in [1.29, 1.82) is 0 Å². The number of aromatic nitrogens is 2. The van der Waals surface area contributed by atoms with Crippen LogP contribution in [0, 0.1) is 0 Å². The maximum atomic E-state index is 5.66. The second kappa shape index (κ2) is 4.61. The van der Waals surface area contributed by atoms with Crippen LogP contribution in [0.15, 0.2) is 43.0 Å². The van der Waals surface area contributed by atoms with Crippen molar-refractivity contribution < 1.29 is 0 Å². The van der Waals surface area contributed by atoms with Gasteiger partial charge in [0.25, 0.3) is 0 Å². The molecular weight excluding hydrogens is 200 g/mol. The Morgan fingerprint density at radius 2 is 2.12 bits per heavy atom. The van der Waals surface area contributed by atoms with Gasteiger partial charge in [0.05, 0.1) is 23.6 Å². The smallest absolute Gasteiger partial charge is 0.0552 e. The molecule has 0 spiro atoms. The highest BCUT2D eigenvalue weighted by molar-refractivity contribution is 5.52. The summed E-state index contributed by atoms with van der Waals surface area (Å²) in [4.78, 5) is 8.11. The monoisotopic (exact) mass is 214 g/mol. The summed E-state index contributed by atoms with van der Waals surface area (Å²) < 4.78 is 0. The zero-order chi connectivity index (χ0) is 11.4. The van der Waals surface area contributed by atoms with Crippen molar-refractivity contribution in [3.05, 3.63) is 48.5 Å². The molecule has 0 radical (unpaired) electrons. The van der Waals surface area contributed by atoms with Crippen LogP contribution in [0.5, 0.6) is 0 Å². The second-order valence-electron chi connectivity index (χ2n) is 3.66. The molecule has 82 valence electrons. The van der Waals surface area contributed by atoms with Crippen LogP contribution in [0.2, 0.25) is 0 Å². The molecule has 0 aliphatic rings. The normalized spacial score (nSPS) is 12.1. The van der Waals surface area contributed by atoms with Crippen molar-refractivity contribution in [2.75, 3.05) is 11.1 Å². The SMILES string of the molecule is CC(Nc1cncc(N)c1)c1cccnc1. The summed E-state index contributed by atoms with van der Waals surface area (Å²) in [5.74, 6) is 0. The van der Waals surface area contributed by atoms with Crippen LogP contribution in [-0.4, -0.2) is 9.97 Å². The van der Waals surface area contributed by atoms with E-state index in [4.69, 9.17) is 5.73 Å². The Balaban J connectivity index is 2.11. The number of nitrogens with one attached hydrogen (secondary N) is 1. The first-order chi connectivity index (χ1) is 7.75. The quantitative estimate of drug-likeness (QED) is 0.822. The van der Waals surface area contributed by atoms with E-state index in [1.165, 1.54) is 0 Å². The number of hydrogen-bond donors (Lipinski definition) is 2. The minimum atomic E-state index is 0.178. The molecule has 0 saturated heterocycles. The van der Waals surface area contributed by atoms with Gasteiger partial charge in [-0.3, -0.25) is 9.97 Å². The van der Waals surface area contributed by atoms with Crippen LogP contribution in [0.4, 0.5) is 11.4 Å². The maximum Gasteiger partial charge on any atom is 0.0552 e. The summed E-state index contributed by atoms with van der Waals surface area (Å²) in [5.41, 5.74) is 8.36. The standard InChI is InChI=1S/C12H14N4/c1-9(10-3-2-4-14-6-10)16-12-5-11(13)7-15-8-12/h2-9,16H,13H2,1H3. The predicted molar refractivity (Wildman–Crippen MR) is 64.9 cm³/mol. The summed E-state index contributed by atoms with van der Waals surface area (Å²) >= 11 is 0. The molecule has 0 amide bonds. The molecule has 0 bridgehead atoms. The average Bonchev–Trinajstić information content (AvgIpc) is 2.30. The zero-order valence-corrected chi connectivity index (χ0v) is 9.09. The lowest BCUT2D eigenvalue weighted by Crippen LogP contribution is -2.07. The minimum absolute atomic E-state index is 0.178. The van der Waals surface area contributed by atoms with Gasteiger partial charge in [0.2, 0.25) is 0 Å². The van der Waals surface area contributed by atoms with E-state index in [9.17, 15) is 0 Å². The Morgan fingerprint density at radius 3 is 2.81 bits per heavy atom. The molecule has 3 N–H and O–H groups in total. The molecular formula is C12H14N4. The molecule has 0 aliphatic carbocycles. The van der Waals surface area contributed by atoms with E-state index in [0.29, 0.717) is 5.69 Å². The number of anilines is 2. The van der Waals surface area contributed by atoms with Crippen LogP contribution >= 0.6 is 0 Å². The van der Waals surface area contributed by atoms with E-state index in [0.717, 1.165) is 11.3 Å². The van der Waals surface area contributed by atoms with Gasteiger partial charge in [-0.25, -0.2) is 0 Å². The number of nitrogens with two attached hydrogens (primary N) is 1. The molecule has 2 rings (SSSR count). The summed E-state index contributed by atoms with van der Waals surface area (Å²) in [7, 11) is 0. The fourth-order valence-electron chi connectivity index (χ4n) is 1.50. The first kappa shape index (κ1) is 10.4. The molecule has 2 aromatic rings.